The number of hydrogen-bond donors (Lipinski definition) is 0. The van der Waals surface area contributed by atoms with Gasteiger partial charge in [-0.05, 0) is 51.4 Å². The lowest BCUT2D eigenvalue weighted by Crippen LogP contribution is -2.37. The van der Waals surface area contributed by atoms with Gasteiger partial charge in [0.15, 0.2) is 0 Å². The molecule has 406 valence electrons. The smallest absolute Gasteiger partial charge is 0.306 e. The van der Waals surface area contributed by atoms with Crippen molar-refractivity contribution in [2.24, 2.45) is 0 Å². The predicted octanol–water partition coefficient (Wildman–Crippen LogP) is 18.0. The fourth-order valence-electron chi connectivity index (χ4n) is 8.42. The van der Waals surface area contributed by atoms with E-state index in [2.05, 4.69) is 62.5 Å². The molecule has 0 aliphatic carbocycles. The molecular formula is C60H114NO7P. The molecule has 9 heteroatoms. The maximum Gasteiger partial charge on any atom is 0.306 e. The van der Waals surface area contributed by atoms with Crippen LogP contribution in [-0.2, 0) is 27.9 Å². The van der Waals surface area contributed by atoms with Gasteiger partial charge in [-0.1, -0.05) is 262 Å². The number of ether oxygens (including phenoxy) is 2. The van der Waals surface area contributed by atoms with Gasteiger partial charge in [0.25, 0.3) is 7.82 Å². The molecule has 2 atom stereocenters. The molecule has 2 unspecified atom stereocenters. The van der Waals surface area contributed by atoms with Crippen LogP contribution in [-0.4, -0.2) is 70.7 Å². The lowest BCUT2D eigenvalue weighted by molar-refractivity contribution is -0.870. The summed E-state index contributed by atoms with van der Waals surface area (Å²) in [7, 11) is 1.37. The van der Waals surface area contributed by atoms with Crippen molar-refractivity contribution in [2.45, 2.75) is 277 Å². The fraction of sp³-hybridized carbons (Fsp3) is 0.850. The third-order valence-corrected chi connectivity index (χ3v) is 13.9. The zero-order chi connectivity index (χ0) is 50.5. The Morgan fingerprint density at radius 1 is 0.464 bits per heavy atom. The van der Waals surface area contributed by atoms with E-state index in [1.54, 1.807) is 0 Å². The topological polar surface area (TPSA) is 94.1 Å². The molecule has 0 spiro atoms. The van der Waals surface area contributed by atoms with Crippen LogP contribution < -0.4 is 4.89 Å². The maximum absolute atomic E-state index is 12.8. The van der Waals surface area contributed by atoms with Crippen LogP contribution in [0, 0.1) is 0 Å². The Bertz CT molecular complexity index is 1240. The van der Waals surface area contributed by atoms with Crippen LogP contribution >= 0.6 is 7.82 Å². The molecule has 0 radical (unpaired) electrons. The van der Waals surface area contributed by atoms with Gasteiger partial charge in [0.1, 0.15) is 19.3 Å². The first-order chi connectivity index (χ1) is 33.6. The summed E-state index contributed by atoms with van der Waals surface area (Å²) >= 11 is 0. The van der Waals surface area contributed by atoms with E-state index in [9.17, 15) is 14.3 Å². The van der Waals surface area contributed by atoms with Gasteiger partial charge in [-0.15, -0.1) is 0 Å². The van der Waals surface area contributed by atoms with E-state index in [1.807, 2.05) is 21.1 Å². The number of quaternary nitrogens is 1. The summed E-state index contributed by atoms with van der Waals surface area (Å²) in [5, 5.41) is 0. The molecule has 0 heterocycles. The van der Waals surface area contributed by atoms with Gasteiger partial charge in [0.05, 0.1) is 34.4 Å². The van der Waals surface area contributed by atoms with Crippen molar-refractivity contribution in [1.29, 1.82) is 0 Å². The number of rotatable bonds is 55. The highest BCUT2D eigenvalue weighted by atomic mass is 31.2. The highest BCUT2D eigenvalue weighted by molar-refractivity contribution is 7.45. The van der Waals surface area contributed by atoms with Crippen LogP contribution in [0.3, 0.4) is 0 Å². The number of hydrogen-bond acceptors (Lipinski definition) is 7. The predicted molar refractivity (Wildman–Crippen MR) is 296 cm³/mol. The molecule has 0 aliphatic rings. The molecule has 0 bridgehead atoms. The van der Waals surface area contributed by atoms with Crippen molar-refractivity contribution >= 4 is 13.8 Å². The first-order valence-corrected chi connectivity index (χ1v) is 30.8. The summed E-state index contributed by atoms with van der Waals surface area (Å²) < 4.78 is 34.9. The van der Waals surface area contributed by atoms with Gasteiger partial charge in [-0.3, -0.25) is 9.36 Å². The zero-order valence-electron chi connectivity index (χ0n) is 46.3. The van der Waals surface area contributed by atoms with Crippen LogP contribution in [0.25, 0.3) is 0 Å². The second-order valence-corrected chi connectivity index (χ2v) is 22.4. The Morgan fingerprint density at radius 3 is 1.26 bits per heavy atom. The normalized spacial score (nSPS) is 13.8. The standard InChI is InChI=1S/C60H114NO7P/c1-6-8-10-12-14-16-18-20-22-24-26-28-30-31-32-33-35-37-39-41-43-45-47-49-51-53-60(62)68-59(58-67-69(63,64)66-56-54-61(3,4)5)57-65-55-52-50-48-46-44-42-40-38-36-34-29-27-25-23-21-19-17-15-13-11-9-7-2/h8,10,14,16,20,22,26,28,59H,6-7,9,11-13,15,17-19,21,23-25,27,29-58H2,1-5H3/b10-8-,16-14-,22-20-,28-26-. The Kier molecular flexibility index (Phi) is 51.6. The molecule has 0 aromatic rings. The number of carbonyl (C=O) groups excluding carboxylic acids is 1. The SMILES string of the molecule is CC/C=C\C/C=C\C/C=C\C/C=C\CCCCCCCCCCCCCCC(=O)OC(COCCCCCCCCCCCCCCCCCCCCCCCC)COP(=O)([O-])OCC[N+](C)(C)C. The number of nitrogens with zero attached hydrogens (tertiary/aromatic N) is 1. The molecule has 0 saturated heterocycles. The zero-order valence-corrected chi connectivity index (χ0v) is 47.2. The van der Waals surface area contributed by atoms with Crippen molar-refractivity contribution < 1.29 is 37.3 Å². The molecule has 0 aliphatic heterocycles. The Balaban J connectivity index is 4.04. The van der Waals surface area contributed by atoms with E-state index < -0.39 is 13.9 Å². The number of phosphoric acid groups is 1. The average Bonchev–Trinajstić information content (AvgIpc) is 3.31. The Morgan fingerprint density at radius 2 is 0.841 bits per heavy atom. The van der Waals surface area contributed by atoms with Gasteiger partial charge < -0.3 is 27.9 Å². The summed E-state index contributed by atoms with van der Waals surface area (Å²) in [6.07, 6.45) is 67.2. The third-order valence-electron chi connectivity index (χ3n) is 12.9. The highest BCUT2D eigenvalue weighted by Crippen LogP contribution is 2.38. The van der Waals surface area contributed by atoms with Crippen LogP contribution in [0.1, 0.15) is 271 Å². The summed E-state index contributed by atoms with van der Waals surface area (Å²) in [6.45, 7) is 5.36. The van der Waals surface area contributed by atoms with Crippen molar-refractivity contribution in [1.82, 2.24) is 0 Å². The number of esters is 1. The average molecular weight is 993 g/mol. The second kappa shape index (κ2) is 52.8. The molecule has 0 rings (SSSR count). The maximum atomic E-state index is 12.8. The minimum atomic E-state index is -4.53. The number of likely N-dealkylation sites (N-methyl/N-ethyl adjacent to an activating group) is 1. The Hall–Kier alpha value is -1.54. The second-order valence-electron chi connectivity index (χ2n) is 21.0. The van der Waals surface area contributed by atoms with Gasteiger partial charge in [0.2, 0.25) is 0 Å². The first-order valence-electron chi connectivity index (χ1n) is 29.4. The Labute approximate surface area is 428 Å². The first kappa shape index (κ1) is 67.5. The molecule has 0 aromatic heterocycles. The molecule has 0 fully saturated rings. The van der Waals surface area contributed by atoms with E-state index in [0.717, 1.165) is 57.8 Å². The number of phosphoric ester groups is 1. The lowest BCUT2D eigenvalue weighted by atomic mass is 10.0. The number of allylic oxidation sites excluding steroid dienone is 8. The summed E-state index contributed by atoms with van der Waals surface area (Å²) in [5.41, 5.74) is 0. The van der Waals surface area contributed by atoms with Crippen LogP contribution in [0.4, 0.5) is 0 Å². The molecule has 0 amide bonds. The van der Waals surface area contributed by atoms with Crippen LogP contribution in [0.15, 0.2) is 48.6 Å². The molecule has 0 N–H and O–H groups in total. The summed E-state index contributed by atoms with van der Waals surface area (Å²) in [4.78, 5) is 25.3. The van der Waals surface area contributed by atoms with Gasteiger partial charge in [-0.25, -0.2) is 0 Å². The van der Waals surface area contributed by atoms with E-state index in [-0.39, 0.29) is 25.8 Å². The minimum absolute atomic E-state index is 0.0267. The van der Waals surface area contributed by atoms with Gasteiger partial charge in [0, 0.05) is 13.0 Å². The third kappa shape index (κ3) is 57.2. The summed E-state index contributed by atoms with van der Waals surface area (Å²) in [6, 6.07) is 0. The number of unbranched alkanes of at least 4 members (excludes halogenated alkanes) is 33. The quantitative estimate of drug-likeness (QED) is 0.0197. The molecule has 8 nitrogen and oxygen atoms in total. The van der Waals surface area contributed by atoms with Crippen molar-refractivity contribution in [3.8, 4) is 0 Å². The minimum Gasteiger partial charge on any atom is -0.756 e. The van der Waals surface area contributed by atoms with Gasteiger partial charge in [-0.2, -0.15) is 0 Å². The molecule has 0 aromatic carbocycles. The van der Waals surface area contributed by atoms with Crippen molar-refractivity contribution in [2.75, 3.05) is 54.1 Å². The largest absolute Gasteiger partial charge is 0.756 e. The molecular weight excluding hydrogens is 878 g/mol. The number of carbonyl (C=O) groups is 1. The molecule has 0 saturated carbocycles. The van der Waals surface area contributed by atoms with E-state index in [4.69, 9.17) is 18.5 Å². The van der Waals surface area contributed by atoms with Crippen molar-refractivity contribution in [3.05, 3.63) is 48.6 Å². The molecule has 69 heavy (non-hydrogen) atoms. The van der Waals surface area contributed by atoms with E-state index in [0.29, 0.717) is 24.1 Å². The highest BCUT2D eigenvalue weighted by Gasteiger charge is 2.20. The van der Waals surface area contributed by atoms with E-state index >= 15 is 0 Å². The summed E-state index contributed by atoms with van der Waals surface area (Å²) in [5.74, 6) is -0.332. The van der Waals surface area contributed by atoms with Crippen molar-refractivity contribution in [3.63, 3.8) is 0 Å². The van der Waals surface area contributed by atoms with Gasteiger partial charge >= 0.3 is 5.97 Å². The lowest BCUT2D eigenvalue weighted by Gasteiger charge is -2.28. The van der Waals surface area contributed by atoms with Crippen LogP contribution in [0.2, 0.25) is 0 Å². The monoisotopic (exact) mass is 992 g/mol. The fourth-order valence-corrected chi connectivity index (χ4v) is 9.15. The van der Waals surface area contributed by atoms with E-state index in [1.165, 1.54) is 193 Å². The van der Waals surface area contributed by atoms with Crippen LogP contribution in [0.5, 0.6) is 0 Å².